The molecule has 0 bridgehead atoms. The Bertz CT molecular complexity index is 944. The highest BCUT2D eigenvalue weighted by atomic mass is 16.7. The molecule has 6 heteroatoms. The standard InChI is InChI=1S/C21H28N4O2/c1-3-4-9-18-24-17-14-23-19-15(7-5-8-16(19)22)20(17)25(18)11-6-10-21(2)26-12-13-27-21/h5,7-8,14H,3-4,6,9-13,22H2,1-2H3. The summed E-state index contributed by atoms with van der Waals surface area (Å²) in [5.74, 6) is 0.676. The maximum Gasteiger partial charge on any atom is 0.165 e. The van der Waals surface area contributed by atoms with Crippen LogP contribution in [-0.4, -0.2) is 33.5 Å². The second-order valence-electron chi connectivity index (χ2n) is 7.45. The third kappa shape index (κ3) is 3.51. The van der Waals surface area contributed by atoms with Crippen molar-refractivity contribution in [3.05, 3.63) is 30.2 Å². The first-order valence-electron chi connectivity index (χ1n) is 9.91. The van der Waals surface area contributed by atoms with Crippen LogP contribution in [-0.2, 0) is 22.4 Å². The summed E-state index contributed by atoms with van der Waals surface area (Å²) in [5, 5.41) is 1.07. The van der Waals surface area contributed by atoms with Crippen molar-refractivity contribution >= 4 is 27.6 Å². The van der Waals surface area contributed by atoms with E-state index >= 15 is 0 Å². The monoisotopic (exact) mass is 368 g/mol. The van der Waals surface area contributed by atoms with Crippen molar-refractivity contribution < 1.29 is 9.47 Å². The van der Waals surface area contributed by atoms with Crippen LogP contribution in [0.15, 0.2) is 24.4 Å². The number of nitrogens with two attached hydrogens (primary N) is 1. The molecule has 0 unspecified atom stereocenters. The number of unbranched alkanes of at least 4 members (excludes halogenated alkanes) is 1. The highest BCUT2D eigenvalue weighted by Gasteiger charge is 2.30. The highest BCUT2D eigenvalue weighted by Crippen LogP contribution is 2.30. The summed E-state index contributed by atoms with van der Waals surface area (Å²) in [4.78, 5) is 9.45. The Morgan fingerprint density at radius 2 is 2.04 bits per heavy atom. The molecule has 1 aliphatic heterocycles. The average molecular weight is 368 g/mol. The van der Waals surface area contributed by atoms with Crippen LogP contribution in [0.3, 0.4) is 0 Å². The van der Waals surface area contributed by atoms with Crippen LogP contribution in [0.2, 0.25) is 0 Å². The van der Waals surface area contributed by atoms with Gasteiger partial charge in [0.15, 0.2) is 5.79 Å². The van der Waals surface area contributed by atoms with Crippen molar-refractivity contribution in [2.24, 2.45) is 0 Å². The van der Waals surface area contributed by atoms with Crippen LogP contribution in [0.1, 0.15) is 45.4 Å². The van der Waals surface area contributed by atoms with E-state index in [1.165, 1.54) is 0 Å². The molecule has 4 rings (SSSR count). The van der Waals surface area contributed by atoms with Gasteiger partial charge in [-0.15, -0.1) is 0 Å². The Kier molecular flexibility index (Phi) is 5.02. The van der Waals surface area contributed by atoms with E-state index < -0.39 is 5.79 Å². The fraction of sp³-hybridized carbons (Fsp3) is 0.524. The second-order valence-corrected chi connectivity index (χ2v) is 7.45. The number of fused-ring (bicyclic) bond motifs is 3. The van der Waals surface area contributed by atoms with Gasteiger partial charge in [0.2, 0.25) is 0 Å². The normalized spacial score (nSPS) is 16.5. The van der Waals surface area contributed by atoms with E-state index in [4.69, 9.17) is 20.2 Å². The number of hydrogen-bond donors (Lipinski definition) is 1. The van der Waals surface area contributed by atoms with Crippen LogP contribution in [0.25, 0.3) is 21.9 Å². The number of benzene rings is 1. The lowest BCUT2D eigenvalue weighted by Gasteiger charge is -2.22. The number of pyridine rings is 1. The molecule has 1 aromatic carbocycles. The lowest BCUT2D eigenvalue weighted by atomic mass is 10.1. The number of nitrogens with zero attached hydrogens (tertiary/aromatic N) is 3. The maximum absolute atomic E-state index is 6.16. The molecular weight excluding hydrogens is 340 g/mol. The van der Waals surface area contributed by atoms with E-state index in [9.17, 15) is 0 Å². The van der Waals surface area contributed by atoms with Gasteiger partial charge in [-0.1, -0.05) is 25.5 Å². The molecule has 0 saturated carbocycles. The quantitative estimate of drug-likeness (QED) is 0.637. The lowest BCUT2D eigenvalue weighted by Crippen LogP contribution is -2.25. The lowest BCUT2D eigenvalue weighted by molar-refractivity contribution is -0.147. The zero-order valence-electron chi connectivity index (χ0n) is 16.2. The first kappa shape index (κ1) is 18.2. The van der Waals surface area contributed by atoms with Crippen molar-refractivity contribution in [1.82, 2.24) is 14.5 Å². The van der Waals surface area contributed by atoms with Crippen LogP contribution >= 0.6 is 0 Å². The van der Waals surface area contributed by atoms with Gasteiger partial charge in [0.05, 0.1) is 36.1 Å². The number of para-hydroxylation sites is 1. The van der Waals surface area contributed by atoms with Crippen molar-refractivity contribution in [1.29, 1.82) is 0 Å². The molecule has 144 valence electrons. The van der Waals surface area contributed by atoms with Gasteiger partial charge in [0.25, 0.3) is 0 Å². The molecule has 1 saturated heterocycles. The van der Waals surface area contributed by atoms with Gasteiger partial charge in [0.1, 0.15) is 11.3 Å². The molecule has 3 aromatic rings. The number of nitrogen functional groups attached to an aromatic ring is 1. The Morgan fingerprint density at radius 3 is 2.81 bits per heavy atom. The van der Waals surface area contributed by atoms with Gasteiger partial charge in [0, 0.05) is 24.8 Å². The minimum atomic E-state index is -0.450. The van der Waals surface area contributed by atoms with Crippen LogP contribution in [0.4, 0.5) is 5.69 Å². The summed E-state index contributed by atoms with van der Waals surface area (Å²) in [7, 11) is 0. The Hall–Kier alpha value is -2.18. The van der Waals surface area contributed by atoms with Crippen molar-refractivity contribution in [3.63, 3.8) is 0 Å². The zero-order valence-corrected chi connectivity index (χ0v) is 16.2. The van der Waals surface area contributed by atoms with Crippen LogP contribution in [0, 0.1) is 0 Å². The molecule has 27 heavy (non-hydrogen) atoms. The van der Waals surface area contributed by atoms with Gasteiger partial charge in [-0.25, -0.2) is 4.98 Å². The third-order valence-corrected chi connectivity index (χ3v) is 5.38. The van der Waals surface area contributed by atoms with E-state index in [0.29, 0.717) is 18.9 Å². The Labute approximate surface area is 159 Å². The first-order chi connectivity index (χ1) is 13.1. The molecule has 1 aliphatic rings. The number of aromatic nitrogens is 3. The molecule has 0 amide bonds. The summed E-state index contributed by atoms with van der Waals surface area (Å²) < 4.78 is 13.9. The highest BCUT2D eigenvalue weighted by molar-refractivity contribution is 6.06. The fourth-order valence-electron chi connectivity index (χ4n) is 3.94. The smallest absolute Gasteiger partial charge is 0.165 e. The maximum atomic E-state index is 6.16. The number of ether oxygens (including phenoxy) is 2. The van der Waals surface area contributed by atoms with Gasteiger partial charge in [-0.2, -0.15) is 0 Å². The first-order valence-corrected chi connectivity index (χ1v) is 9.91. The molecule has 6 nitrogen and oxygen atoms in total. The predicted molar refractivity (Wildman–Crippen MR) is 108 cm³/mol. The van der Waals surface area contributed by atoms with E-state index in [1.807, 2.05) is 25.3 Å². The summed E-state index contributed by atoms with van der Waals surface area (Å²) in [5.41, 5.74) is 9.79. The predicted octanol–water partition coefficient (Wildman–Crippen LogP) is 4.05. The number of imidazole rings is 1. The Balaban J connectivity index is 1.71. The molecule has 2 aromatic heterocycles. The minimum absolute atomic E-state index is 0.450. The number of aryl methyl sites for hydroxylation is 2. The molecule has 0 spiro atoms. The van der Waals surface area contributed by atoms with Gasteiger partial charge < -0.3 is 19.8 Å². The van der Waals surface area contributed by atoms with Gasteiger partial charge in [-0.3, -0.25) is 4.98 Å². The summed E-state index contributed by atoms with van der Waals surface area (Å²) in [6.07, 6.45) is 6.93. The van der Waals surface area contributed by atoms with Crippen molar-refractivity contribution in [2.75, 3.05) is 18.9 Å². The summed E-state index contributed by atoms with van der Waals surface area (Å²) >= 11 is 0. The molecule has 2 N–H and O–H groups in total. The van der Waals surface area contributed by atoms with E-state index in [2.05, 4.69) is 22.5 Å². The van der Waals surface area contributed by atoms with Gasteiger partial charge >= 0.3 is 0 Å². The van der Waals surface area contributed by atoms with Crippen molar-refractivity contribution in [3.8, 4) is 0 Å². The second kappa shape index (κ2) is 7.44. The number of rotatable bonds is 7. The third-order valence-electron chi connectivity index (χ3n) is 5.38. The fourth-order valence-corrected chi connectivity index (χ4v) is 3.94. The molecule has 0 radical (unpaired) electrons. The molecule has 3 heterocycles. The van der Waals surface area contributed by atoms with E-state index in [-0.39, 0.29) is 0 Å². The topological polar surface area (TPSA) is 75.2 Å². The van der Waals surface area contributed by atoms with Crippen LogP contribution in [0.5, 0.6) is 0 Å². The largest absolute Gasteiger partial charge is 0.397 e. The molecule has 0 atom stereocenters. The van der Waals surface area contributed by atoms with Gasteiger partial charge in [-0.05, 0) is 25.8 Å². The zero-order chi connectivity index (χ0) is 18.9. The minimum Gasteiger partial charge on any atom is -0.397 e. The summed E-state index contributed by atoms with van der Waals surface area (Å²) in [6.45, 7) is 6.49. The van der Waals surface area contributed by atoms with Crippen LogP contribution < -0.4 is 5.73 Å². The molecule has 0 aliphatic carbocycles. The SMILES string of the molecule is CCCCc1nc2cnc3c(N)cccc3c2n1CCCC1(C)OCCO1. The molecular formula is C21H28N4O2. The van der Waals surface area contributed by atoms with E-state index in [1.54, 1.807) is 0 Å². The number of hydrogen-bond acceptors (Lipinski definition) is 5. The van der Waals surface area contributed by atoms with E-state index in [0.717, 1.165) is 66.4 Å². The number of anilines is 1. The van der Waals surface area contributed by atoms with Crippen molar-refractivity contribution in [2.45, 2.75) is 58.3 Å². The molecule has 1 fully saturated rings. The Morgan fingerprint density at radius 1 is 1.22 bits per heavy atom. The average Bonchev–Trinajstić information content (AvgIpc) is 3.24. The summed E-state index contributed by atoms with van der Waals surface area (Å²) in [6, 6.07) is 5.98.